The molecule has 1 atom stereocenters. The second-order valence-electron chi connectivity index (χ2n) is 6.61. The number of benzene rings is 1. The summed E-state index contributed by atoms with van der Waals surface area (Å²) in [5.41, 5.74) is 0.173. The molecule has 0 aliphatic heterocycles. The van der Waals surface area contributed by atoms with Crippen LogP contribution >= 0.6 is 11.6 Å². The van der Waals surface area contributed by atoms with Gasteiger partial charge in [-0.2, -0.15) is 0 Å². The summed E-state index contributed by atoms with van der Waals surface area (Å²) in [6.07, 6.45) is 1.53. The third kappa shape index (κ3) is 5.53. The van der Waals surface area contributed by atoms with E-state index in [1.807, 2.05) is 20.8 Å². The highest BCUT2D eigenvalue weighted by molar-refractivity contribution is 6.32. The van der Waals surface area contributed by atoms with E-state index in [-0.39, 0.29) is 24.3 Å². The number of para-hydroxylation sites is 1. The van der Waals surface area contributed by atoms with E-state index < -0.39 is 17.9 Å². The van der Waals surface area contributed by atoms with Crippen LogP contribution in [-0.4, -0.2) is 50.2 Å². The van der Waals surface area contributed by atoms with E-state index in [2.05, 4.69) is 15.6 Å². The van der Waals surface area contributed by atoms with Gasteiger partial charge in [-0.15, -0.1) is 5.10 Å². The zero-order chi connectivity index (χ0) is 19.3. The SMILES string of the molecule is CC(C)(C)OCCC(NC(=O)c1cn(-c2ccccc2Cl)nn1)C(=O)O. The number of aliphatic carboxylic acids is 1. The maximum absolute atomic E-state index is 12.3. The maximum Gasteiger partial charge on any atom is 0.326 e. The molecule has 0 radical (unpaired) electrons. The molecule has 0 bridgehead atoms. The fourth-order valence-electron chi connectivity index (χ4n) is 2.10. The Hall–Kier alpha value is -2.45. The standard InChI is InChI=1S/C17H21ClN4O4/c1-17(2,3)26-9-8-12(16(24)25)19-15(23)13-10-22(21-20-13)14-7-5-4-6-11(14)18/h4-7,10,12H,8-9H2,1-3H3,(H,19,23)(H,24,25). The predicted octanol–water partition coefficient (Wildman–Crippen LogP) is 2.31. The van der Waals surface area contributed by atoms with Crippen molar-refractivity contribution < 1.29 is 19.4 Å². The summed E-state index contributed by atoms with van der Waals surface area (Å²) in [6, 6.07) is 5.87. The van der Waals surface area contributed by atoms with Crippen LogP contribution in [0.3, 0.4) is 0 Å². The first-order valence-corrected chi connectivity index (χ1v) is 8.40. The lowest BCUT2D eigenvalue weighted by Gasteiger charge is -2.21. The summed E-state index contributed by atoms with van der Waals surface area (Å²) < 4.78 is 6.87. The Kier molecular flexibility index (Phi) is 6.33. The molecule has 1 aromatic carbocycles. The third-order valence-electron chi connectivity index (χ3n) is 3.37. The highest BCUT2D eigenvalue weighted by atomic mass is 35.5. The molecule has 140 valence electrons. The van der Waals surface area contributed by atoms with Crippen LogP contribution in [-0.2, 0) is 9.53 Å². The van der Waals surface area contributed by atoms with Gasteiger partial charge < -0.3 is 15.2 Å². The van der Waals surface area contributed by atoms with Crippen LogP contribution < -0.4 is 5.32 Å². The molecular formula is C17H21ClN4O4. The lowest BCUT2D eigenvalue weighted by Crippen LogP contribution is -2.42. The van der Waals surface area contributed by atoms with Gasteiger partial charge in [-0.1, -0.05) is 28.9 Å². The van der Waals surface area contributed by atoms with Crippen molar-refractivity contribution >= 4 is 23.5 Å². The summed E-state index contributed by atoms with van der Waals surface area (Å²) in [5, 5.41) is 19.8. The highest BCUT2D eigenvalue weighted by Gasteiger charge is 2.23. The minimum atomic E-state index is -1.14. The summed E-state index contributed by atoms with van der Waals surface area (Å²) >= 11 is 6.09. The summed E-state index contributed by atoms with van der Waals surface area (Å²) in [6.45, 7) is 5.81. The Balaban J connectivity index is 2.03. The molecule has 2 N–H and O–H groups in total. The molecule has 8 nitrogen and oxygen atoms in total. The minimum absolute atomic E-state index is 0.00657. The van der Waals surface area contributed by atoms with Crippen molar-refractivity contribution in [1.82, 2.24) is 20.3 Å². The van der Waals surface area contributed by atoms with Crippen LogP contribution in [0.4, 0.5) is 0 Å². The summed E-state index contributed by atoms with van der Waals surface area (Å²) in [4.78, 5) is 23.6. The van der Waals surface area contributed by atoms with E-state index in [9.17, 15) is 14.7 Å². The Labute approximate surface area is 156 Å². The molecule has 1 aromatic heterocycles. The fourth-order valence-corrected chi connectivity index (χ4v) is 2.32. The Morgan fingerprint density at radius 3 is 2.65 bits per heavy atom. The zero-order valence-corrected chi connectivity index (χ0v) is 15.5. The highest BCUT2D eigenvalue weighted by Crippen LogP contribution is 2.18. The van der Waals surface area contributed by atoms with Crippen molar-refractivity contribution in [1.29, 1.82) is 0 Å². The second-order valence-corrected chi connectivity index (χ2v) is 7.02. The van der Waals surface area contributed by atoms with E-state index in [0.29, 0.717) is 10.7 Å². The number of hydrogen-bond donors (Lipinski definition) is 2. The number of hydrogen-bond acceptors (Lipinski definition) is 5. The molecule has 0 spiro atoms. The van der Waals surface area contributed by atoms with Crippen molar-refractivity contribution in [3.05, 3.63) is 41.2 Å². The van der Waals surface area contributed by atoms with Crippen LogP contribution in [0, 0.1) is 0 Å². The van der Waals surface area contributed by atoms with Gasteiger partial charge in [-0.25, -0.2) is 9.48 Å². The number of aromatic nitrogens is 3. The summed E-state index contributed by atoms with van der Waals surface area (Å²) in [5.74, 6) is -1.78. The average Bonchev–Trinajstić information content (AvgIpc) is 3.02. The number of halogens is 1. The fraction of sp³-hybridized carbons (Fsp3) is 0.412. The molecule has 9 heteroatoms. The first-order valence-electron chi connectivity index (χ1n) is 8.02. The molecule has 2 aromatic rings. The average molecular weight is 381 g/mol. The molecule has 0 saturated heterocycles. The Morgan fingerprint density at radius 1 is 1.35 bits per heavy atom. The van der Waals surface area contributed by atoms with E-state index in [1.165, 1.54) is 10.9 Å². The van der Waals surface area contributed by atoms with Gasteiger partial charge in [0.1, 0.15) is 6.04 Å². The topological polar surface area (TPSA) is 106 Å². The lowest BCUT2D eigenvalue weighted by molar-refractivity contribution is -0.140. The predicted molar refractivity (Wildman–Crippen MR) is 95.6 cm³/mol. The first-order chi connectivity index (χ1) is 12.2. The first kappa shape index (κ1) is 19.9. The molecule has 1 unspecified atom stereocenters. The molecule has 2 rings (SSSR count). The second kappa shape index (κ2) is 8.29. The number of nitrogens with zero attached hydrogens (tertiary/aromatic N) is 3. The molecule has 0 aliphatic rings. The monoisotopic (exact) mass is 380 g/mol. The van der Waals surface area contributed by atoms with Gasteiger partial charge in [0, 0.05) is 13.0 Å². The van der Waals surface area contributed by atoms with Crippen molar-refractivity contribution in [2.24, 2.45) is 0 Å². The van der Waals surface area contributed by atoms with Gasteiger partial charge in [0.25, 0.3) is 5.91 Å². The van der Waals surface area contributed by atoms with E-state index in [1.54, 1.807) is 24.3 Å². The third-order valence-corrected chi connectivity index (χ3v) is 3.69. The number of carbonyl (C=O) groups is 2. The van der Waals surface area contributed by atoms with E-state index in [4.69, 9.17) is 16.3 Å². The largest absolute Gasteiger partial charge is 0.480 e. The van der Waals surface area contributed by atoms with Crippen LogP contribution in [0.15, 0.2) is 30.5 Å². The van der Waals surface area contributed by atoms with Gasteiger partial charge in [0.15, 0.2) is 5.69 Å². The molecule has 1 heterocycles. The quantitative estimate of drug-likeness (QED) is 0.763. The smallest absolute Gasteiger partial charge is 0.326 e. The number of rotatable bonds is 7. The van der Waals surface area contributed by atoms with Crippen molar-refractivity contribution in [2.75, 3.05) is 6.61 Å². The van der Waals surface area contributed by atoms with Crippen LogP contribution in [0.25, 0.3) is 5.69 Å². The van der Waals surface area contributed by atoms with E-state index >= 15 is 0 Å². The van der Waals surface area contributed by atoms with E-state index in [0.717, 1.165) is 0 Å². The zero-order valence-electron chi connectivity index (χ0n) is 14.8. The van der Waals surface area contributed by atoms with Crippen molar-refractivity contribution in [3.63, 3.8) is 0 Å². The molecular weight excluding hydrogens is 360 g/mol. The van der Waals surface area contributed by atoms with Crippen LogP contribution in [0.1, 0.15) is 37.7 Å². The molecule has 0 fully saturated rings. The van der Waals surface area contributed by atoms with Gasteiger partial charge in [-0.3, -0.25) is 4.79 Å². The lowest BCUT2D eigenvalue weighted by atomic mass is 10.1. The molecule has 0 aliphatic carbocycles. The Bertz CT molecular complexity index is 785. The maximum atomic E-state index is 12.3. The van der Waals surface area contributed by atoms with Crippen molar-refractivity contribution in [3.8, 4) is 5.69 Å². The number of nitrogens with one attached hydrogen (secondary N) is 1. The van der Waals surface area contributed by atoms with Gasteiger partial charge in [0.2, 0.25) is 0 Å². The van der Waals surface area contributed by atoms with Crippen molar-refractivity contribution in [2.45, 2.75) is 38.8 Å². The molecule has 0 saturated carbocycles. The number of carbonyl (C=O) groups excluding carboxylic acids is 1. The normalized spacial score (nSPS) is 12.6. The number of amides is 1. The summed E-state index contributed by atoms with van der Waals surface area (Å²) in [7, 11) is 0. The van der Waals surface area contributed by atoms with Crippen LogP contribution in [0.2, 0.25) is 5.02 Å². The van der Waals surface area contributed by atoms with Gasteiger partial charge in [0.05, 0.1) is 22.5 Å². The number of carboxylic acids is 1. The number of ether oxygens (including phenoxy) is 1. The minimum Gasteiger partial charge on any atom is -0.480 e. The number of carboxylic acid groups (broad SMARTS) is 1. The Morgan fingerprint density at radius 2 is 2.04 bits per heavy atom. The van der Waals surface area contributed by atoms with Crippen LogP contribution in [0.5, 0.6) is 0 Å². The molecule has 26 heavy (non-hydrogen) atoms. The van der Waals surface area contributed by atoms with Gasteiger partial charge in [-0.05, 0) is 32.9 Å². The molecule has 1 amide bonds. The van der Waals surface area contributed by atoms with Gasteiger partial charge >= 0.3 is 5.97 Å².